The molecular weight excluding hydrogens is 406 g/mol. The van der Waals surface area contributed by atoms with Crippen molar-refractivity contribution in [3.8, 4) is 11.5 Å². The number of amides is 2. The van der Waals surface area contributed by atoms with Crippen LogP contribution < -0.4 is 15.5 Å². The molecule has 154 valence electrons. The van der Waals surface area contributed by atoms with Gasteiger partial charge < -0.3 is 15.2 Å². The topological polar surface area (TPSA) is 100 Å². The van der Waals surface area contributed by atoms with Gasteiger partial charge in [0.25, 0.3) is 0 Å². The quantitative estimate of drug-likeness (QED) is 0.392. The van der Waals surface area contributed by atoms with Crippen molar-refractivity contribution in [2.24, 2.45) is 5.10 Å². The smallest absolute Gasteiger partial charge is 0.240 e. The molecule has 0 heterocycles. The van der Waals surface area contributed by atoms with E-state index in [-0.39, 0.29) is 35.3 Å². The van der Waals surface area contributed by atoms with E-state index in [0.717, 1.165) is 10.8 Å². The number of anilines is 1. The molecule has 0 spiro atoms. The van der Waals surface area contributed by atoms with Gasteiger partial charge in [0.2, 0.25) is 11.8 Å². The van der Waals surface area contributed by atoms with Gasteiger partial charge in [0.1, 0.15) is 0 Å². The number of hydrogen-bond donors (Lipinski definition) is 3. The lowest BCUT2D eigenvalue weighted by atomic mass is 10.1. The van der Waals surface area contributed by atoms with Crippen molar-refractivity contribution < 1.29 is 19.4 Å². The zero-order chi connectivity index (χ0) is 21.5. The molecule has 3 aromatic rings. The second kappa shape index (κ2) is 9.76. The molecule has 0 saturated carbocycles. The summed E-state index contributed by atoms with van der Waals surface area (Å²) in [5, 5.41) is 18.4. The van der Waals surface area contributed by atoms with Gasteiger partial charge in [0.05, 0.1) is 18.3 Å². The molecule has 7 nitrogen and oxygen atoms in total. The molecule has 0 saturated heterocycles. The predicted molar refractivity (Wildman–Crippen MR) is 117 cm³/mol. The fraction of sp³-hybridized carbons (Fsp3) is 0.136. The zero-order valence-corrected chi connectivity index (χ0v) is 16.9. The SMILES string of the molecule is COc1cc(/C=N\NC(=O)CCC(=O)Nc2cccc3ccccc23)cc(Cl)c1O. The summed E-state index contributed by atoms with van der Waals surface area (Å²) in [6.07, 6.45) is 1.36. The number of nitrogens with one attached hydrogen (secondary N) is 2. The summed E-state index contributed by atoms with van der Waals surface area (Å²) in [4.78, 5) is 24.2. The largest absolute Gasteiger partial charge is 0.503 e. The van der Waals surface area contributed by atoms with Gasteiger partial charge in [-0.3, -0.25) is 9.59 Å². The van der Waals surface area contributed by atoms with E-state index >= 15 is 0 Å². The Balaban J connectivity index is 1.51. The normalized spacial score (nSPS) is 10.9. The molecule has 30 heavy (non-hydrogen) atoms. The number of carbonyl (C=O) groups is 2. The zero-order valence-electron chi connectivity index (χ0n) is 16.2. The Bertz CT molecular complexity index is 1110. The van der Waals surface area contributed by atoms with Crippen LogP contribution in [0.1, 0.15) is 18.4 Å². The molecule has 0 aliphatic carbocycles. The third-order valence-corrected chi connectivity index (χ3v) is 4.60. The van der Waals surface area contributed by atoms with Crippen molar-refractivity contribution in [3.63, 3.8) is 0 Å². The molecule has 3 rings (SSSR count). The van der Waals surface area contributed by atoms with E-state index in [2.05, 4.69) is 15.8 Å². The van der Waals surface area contributed by atoms with Crippen LogP contribution in [0.2, 0.25) is 5.02 Å². The Morgan fingerprint density at radius 3 is 2.63 bits per heavy atom. The van der Waals surface area contributed by atoms with Crippen LogP contribution in [0.5, 0.6) is 11.5 Å². The van der Waals surface area contributed by atoms with Gasteiger partial charge in [-0.25, -0.2) is 5.43 Å². The van der Waals surface area contributed by atoms with Crippen molar-refractivity contribution in [3.05, 3.63) is 65.2 Å². The van der Waals surface area contributed by atoms with E-state index in [1.54, 1.807) is 0 Å². The number of nitrogens with zero attached hydrogens (tertiary/aromatic N) is 1. The number of methoxy groups -OCH3 is 1. The standard InChI is InChI=1S/C22H20ClN3O4/c1-30-19-12-14(11-17(23)22(19)29)13-24-26-21(28)10-9-20(27)25-18-8-4-6-15-5-2-3-7-16(15)18/h2-8,11-13,29H,9-10H2,1H3,(H,25,27)(H,26,28)/b24-13-. The van der Waals surface area contributed by atoms with Gasteiger partial charge >= 0.3 is 0 Å². The average molecular weight is 426 g/mol. The highest BCUT2D eigenvalue weighted by atomic mass is 35.5. The highest BCUT2D eigenvalue weighted by Gasteiger charge is 2.10. The number of carbonyl (C=O) groups excluding carboxylic acids is 2. The van der Waals surface area contributed by atoms with Gasteiger partial charge in [-0.1, -0.05) is 48.0 Å². The number of fused-ring (bicyclic) bond motifs is 1. The molecule has 0 bridgehead atoms. The van der Waals surface area contributed by atoms with E-state index in [9.17, 15) is 14.7 Å². The first-order valence-electron chi connectivity index (χ1n) is 9.14. The fourth-order valence-electron chi connectivity index (χ4n) is 2.83. The van der Waals surface area contributed by atoms with Crippen molar-refractivity contribution in [2.75, 3.05) is 12.4 Å². The van der Waals surface area contributed by atoms with Crippen LogP contribution in [0.15, 0.2) is 59.7 Å². The Labute approximate surface area is 178 Å². The van der Waals surface area contributed by atoms with Gasteiger partial charge in [0.15, 0.2) is 11.5 Å². The Kier molecular flexibility index (Phi) is 6.87. The number of benzene rings is 3. The minimum absolute atomic E-state index is 0.0173. The Morgan fingerprint density at radius 2 is 1.83 bits per heavy atom. The lowest BCUT2D eigenvalue weighted by molar-refractivity contribution is -0.124. The molecule has 3 N–H and O–H groups in total. The van der Waals surface area contributed by atoms with Gasteiger partial charge in [-0.05, 0) is 29.1 Å². The highest BCUT2D eigenvalue weighted by molar-refractivity contribution is 6.32. The van der Waals surface area contributed by atoms with Crippen molar-refractivity contribution in [1.82, 2.24) is 5.43 Å². The predicted octanol–water partition coefficient (Wildman–Crippen LogP) is 4.08. The summed E-state index contributed by atoms with van der Waals surface area (Å²) in [6.45, 7) is 0. The second-order valence-electron chi connectivity index (χ2n) is 6.42. The average Bonchev–Trinajstić information content (AvgIpc) is 2.75. The number of halogens is 1. The van der Waals surface area contributed by atoms with Crippen molar-refractivity contribution >= 4 is 46.1 Å². The van der Waals surface area contributed by atoms with Crippen molar-refractivity contribution in [1.29, 1.82) is 0 Å². The summed E-state index contributed by atoms with van der Waals surface area (Å²) in [6, 6.07) is 16.4. The number of aromatic hydroxyl groups is 1. The van der Waals surface area contributed by atoms with Crippen LogP contribution >= 0.6 is 11.6 Å². The maximum absolute atomic E-state index is 12.2. The molecule has 0 radical (unpaired) electrons. The summed E-state index contributed by atoms with van der Waals surface area (Å²) in [7, 11) is 1.40. The Morgan fingerprint density at radius 1 is 1.10 bits per heavy atom. The lowest BCUT2D eigenvalue weighted by Gasteiger charge is -2.08. The lowest BCUT2D eigenvalue weighted by Crippen LogP contribution is -2.20. The summed E-state index contributed by atoms with van der Waals surface area (Å²) in [5.74, 6) is -0.644. The second-order valence-corrected chi connectivity index (χ2v) is 6.83. The Hall–Kier alpha value is -3.58. The molecule has 0 aliphatic heterocycles. The molecule has 0 aromatic heterocycles. The molecule has 2 amide bonds. The minimum Gasteiger partial charge on any atom is -0.503 e. The van der Waals surface area contributed by atoms with Crippen LogP contribution in [-0.4, -0.2) is 30.2 Å². The molecule has 0 unspecified atom stereocenters. The van der Waals surface area contributed by atoms with Crippen molar-refractivity contribution in [2.45, 2.75) is 12.8 Å². The maximum atomic E-state index is 12.2. The number of ether oxygens (including phenoxy) is 1. The van der Waals surface area contributed by atoms with Gasteiger partial charge in [-0.15, -0.1) is 0 Å². The third kappa shape index (κ3) is 5.27. The summed E-state index contributed by atoms with van der Waals surface area (Å²) < 4.78 is 5.01. The van der Waals surface area contributed by atoms with E-state index in [4.69, 9.17) is 16.3 Å². The van der Waals surface area contributed by atoms with Crippen LogP contribution in [0.3, 0.4) is 0 Å². The highest BCUT2D eigenvalue weighted by Crippen LogP contribution is 2.34. The number of phenols is 1. The summed E-state index contributed by atoms with van der Waals surface area (Å²) in [5.41, 5.74) is 3.59. The van der Waals surface area contributed by atoms with E-state index in [1.807, 2.05) is 42.5 Å². The van der Waals surface area contributed by atoms with E-state index < -0.39 is 5.91 Å². The first-order chi connectivity index (χ1) is 14.5. The van der Waals surface area contributed by atoms with Gasteiger partial charge in [0, 0.05) is 23.9 Å². The monoisotopic (exact) mass is 425 g/mol. The van der Waals surface area contributed by atoms with Crippen LogP contribution in [-0.2, 0) is 9.59 Å². The first-order valence-corrected chi connectivity index (χ1v) is 9.51. The van der Waals surface area contributed by atoms with Gasteiger partial charge in [-0.2, -0.15) is 5.10 Å². The van der Waals surface area contributed by atoms with E-state index in [0.29, 0.717) is 11.3 Å². The summed E-state index contributed by atoms with van der Waals surface area (Å²) >= 11 is 5.90. The molecule has 0 fully saturated rings. The number of hydrogen-bond acceptors (Lipinski definition) is 5. The number of phenolic OH excluding ortho intramolecular Hbond substituents is 1. The molecule has 8 heteroatoms. The molecule has 3 aromatic carbocycles. The fourth-order valence-corrected chi connectivity index (χ4v) is 3.05. The van der Waals surface area contributed by atoms with Crippen LogP contribution in [0, 0.1) is 0 Å². The number of rotatable bonds is 7. The minimum atomic E-state index is -0.406. The molecule has 0 aliphatic rings. The third-order valence-electron chi connectivity index (χ3n) is 4.32. The number of hydrazone groups is 1. The van der Waals surface area contributed by atoms with Crippen LogP contribution in [0.4, 0.5) is 5.69 Å². The van der Waals surface area contributed by atoms with Crippen LogP contribution in [0.25, 0.3) is 10.8 Å². The van der Waals surface area contributed by atoms with E-state index in [1.165, 1.54) is 25.5 Å². The molecule has 0 atom stereocenters. The maximum Gasteiger partial charge on any atom is 0.240 e. The molecular formula is C22H20ClN3O4. The first kappa shape index (κ1) is 21.1.